The summed E-state index contributed by atoms with van der Waals surface area (Å²) in [5.74, 6) is 2.08. The molecular formula is C15H28N2S. The smallest absolute Gasteiger partial charge is 0.157 e. The lowest BCUT2D eigenvalue weighted by Gasteiger charge is -2.36. The van der Waals surface area contributed by atoms with Gasteiger partial charge in [-0.05, 0) is 31.1 Å². The highest BCUT2D eigenvalue weighted by molar-refractivity contribution is 8.14. The van der Waals surface area contributed by atoms with Crippen molar-refractivity contribution in [3.05, 3.63) is 0 Å². The molecule has 3 unspecified atom stereocenters. The van der Waals surface area contributed by atoms with E-state index in [0.29, 0.717) is 11.6 Å². The molecule has 2 aliphatic rings. The number of hydrogen-bond donors (Lipinski definition) is 1. The molecule has 1 saturated heterocycles. The van der Waals surface area contributed by atoms with Crippen molar-refractivity contribution in [1.29, 1.82) is 0 Å². The first kappa shape index (κ1) is 14.2. The molecule has 1 N–H and O–H groups in total. The highest BCUT2D eigenvalue weighted by Crippen LogP contribution is 2.39. The first-order chi connectivity index (χ1) is 8.31. The summed E-state index contributed by atoms with van der Waals surface area (Å²) in [6.07, 6.45) is 5.42. The average Bonchev–Trinajstić information content (AvgIpc) is 2.59. The van der Waals surface area contributed by atoms with Gasteiger partial charge in [-0.2, -0.15) is 0 Å². The van der Waals surface area contributed by atoms with Gasteiger partial charge in [0.05, 0.1) is 6.04 Å². The molecule has 0 aromatic heterocycles. The van der Waals surface area contributed by atoms with Crippen molar-refractivity contribution < 1.29 is 0 Å². The first-order valence-corrected chi connectivity index (χ1v) is 8.28. The van der Waals surface area contributed by atoms with Crippen LogP contribution in [0.25, 0.3) is 0 Å². The van der Waals surface area contributed by atoms with E-state index in [4.69, 9.17) is 4.99 Å². The van der Waals surface area contributed by atoms with E-state index in [2.05, 4.69) is 39.9 Å². The van der Waals surface area contributed by atoms with E-state index in [1.807, 2.05) is 11.8 Å². The van der Waals surface area contributed by atoms with E-state index < -0.39 is 0 Å². The van der Waals surface area contributed by atoms with Gasteiger partial charge in [0.2, 0.25) is 0 Å². The van der Waals surface area contributed by atoms with Crippen LogP contribution in [0.4, 0.5) is 0 Å². The number of amidine groups is 1. The largest absolute Gasteiger partial charge is 0.359 e. The summed E-state index contributed by atoms with van der Waals surface area (Å²) in [4.78, 5) is 4.89. The molecule has 3 heteroatoms. The fraction of sp³-hybridized carbons (Fsp3) is 0.933. The molecule has 0 radical (unpaired) electrons. The molecule has 104 valence electrons. The molecular weight excluding hydrogens is 240 g/mol. The van der Waals surface area contributed by atoms with Crippen LogP contribution >= 0.6 is 11.8 Å². The van der Waals surface area contributed by atoms with Crippen molar-refractivity contribution in [2.24, 2.45) is 16.3 Å². The normalized spacial score (nSPS) is 36.9. The van der Waals surface area contributed by atoms with Crippen LogP contribution in [0.5, 0.6) is 0 Å². The van der Waals surface area contributed by atoms with Crippen LogP contribution in [0.15, 0.2) is 4.99 Å². The first-order valence-electron chi connectivity index (χ1n) is 7.30. The van der Waals surface area contributed by atoms with Gasteiger partial charge >= 0.3 is 0 Å². The Labute approximate surface area is 116 Å². The molecule has 0 amide bonds. The predicted octanol–water partition coefficient (Wildman–Crippen LogP) is 4.06. The number of rotatable bonds is 1. The zero-order chi connectivity index (χ0) is 13.4. The van der Waals surface area contributed by atoms with E-state index >= 15 is 0 Å². The zero-order valence-corrected chi connectivity index (χ0v) is 13.4. The van der Waals surface area contributed by atoms with E-state index in [-0.39, 0.29) is 5.41 Å². The second-order valence-corrected chi connectivity index (χ2v) is 8.34. The van der Waals surface area contributed by atoms with Gasteiger partial charge in [0.25, 0.3) is 0 Å². The highest BCUT2D eigenvalue weighted by atomic mass is 32.2. The Morgan fingerprint density at radius 1 is 1.44 bits per heavy atom. The Bertz CT molecular complexity index is 332. The van der Waals surface area contributed by atoms with Gasteiger partial charge in [-0.1, -0.05) is 52.3 Å². The van der Waals surface area contributed by atoms with E-state index in [0.717, 1.165) is 5.92 Å². The van der Waals surface area contributed by atoms with Crippen molar-refractivity contribution in [1.82, 2.24) is 5.32 Å². The maximum absolute atomic E-state index is 4.89. The molecule has 3 atom stereocenters. The Balaban J connectivity index is 2.01. The fourth-order valence-corrected chi connectivity index (χ4v) is 4.12. The number of aliphatic imine (C=N–C) groups is 1. The van der Waals surface area contributed by atoms with Crippen LogP contribution in [0.1, 0.15) is 60.3 Å². The Kier molecular flexibility index (Phi) is 4.01. The third kappa shape index (κ3) is 3.23. The molecule has 1 spiro atoms. The molecule has 1 heterocycles. The molecule has 1 aliphatic heterocycles. The summed E-state index contributed by atoms with van der Waals surface area (Å²) in [6.45, 7) is 11.4. The SMILES string of the molecule is CC1CCCC2(CSC(=NC(C)C(C)(C)C)N2)C1. The van der Waals surface area contributed by atoms with Gasteiger partial charge in [-0.3, -0.25) is 4.99 Å². The molecule has 2 rings (SSSR count). The number of thioether (sulfide) groups is 1. The minimum absolute atomic E-state index is 0.255. The summed E-state index contributed by atoms with van der Waals surface area (Å²) in [7, 11) is 0. The molecule has 2 fully saturated rings. The van der Waals surface area contributed by atoms with Crippen LogP contribution in [-0.2, 0) is 0 Å². The van der Waals surface area contributed by atoms with Gasteiger partial charge in [-0.25, -0.2) is 0 Å². The molecule has 1 aliphatic carbocycles. The monoisotopic (exact) mass is 268 g/mol. The summed E-state index contributed by atoms with van der Waals surface area (Å²) in [6, 6.07) is 0.378. The van der Waals surface area contributed by atoms with Gasteiger partial charge in [0.15, 0.2) is 5.17 Å². The summed E-state index contributed by atoms with van der Waals surface area (Å²) >= 11 is 1.93. The number of hydrogen-bond acceptors (Lipinski definition) is 2. The van der Waals surface area contributed by atoms with Crippen LogP contribution in [0.2, 0.25) is 0 Å². The van der Waals surface area contributed by atoms with Crippen LogP contribution in [0, 0.1) is 11.3 Å². The lowest BCUT2D eigenvalue weighted by atomic mass is 9.78. The summed E-state index contributed by atoms with van der Waals surface area (Å²) < 4.78 is 0. The van der Waals surface area contributed by atoms with Crippen molar-refractivity contribution >= 4 is 16.9 Å². The lowest BCUT2D eigenvalue weighted by molar-refractivity contribution is 0.242. The van der Waals surface area contributed by atoms with Crippen LogP contribution < -0.4 is 5.32 Å². The standard InChI is InChI=1S/C15H28N2S/c1-11-7-6-8-15(9-11)10-18-13(17-15)16-12(2)14(3,4)5/h11-12H,6-10H2,1-5H3,(H,16,17). The maximum atomic E-state index is 4.89. The molecule has 1 saturated carbocycles. The number of nitrogens with zero attached hydrogens (tertiary/aromatic N) is 1. The van der Waals surface area contributed by atoms with Gasteiger partial charge in [0.1, 0.15) is 0 Å². The van der Waals surface area contributed by atoms with Crippen molar-refractivity contribution in [3.63, 3.8) is 0 Å². The third-order valence-electron chi connectivity index (χ3n) is 4.51. The van der Waals surface area contributed by atoms with E-state index in [9.17, 15) is 0 Å². The maximum Gasteiger partial charge on any atom is 0.157 e. The quantitative estimate of drug-likeness (QED) is 0.775. The fourth-order valence-electron chi connectivity index (χ4n) is 2.85. The predicted molar refractivity (Wildman–Crippen MR) is 82.3 cm³/mol. The molecule has 2 nitrogen and oxygen atoms in total. The summed E-state index contributed by atoms with van der Waals surface area (Å²) in [5.41, 5.74) is 0.615. The molecule has 0 aromatic carbocycles. The second-order valence-electron chi connectivity index (χ2n) is 7.37. The molecule has 0 bridgehead atoms. The minimum Gasteiger partial charge on any atom is -0.359 e. The highest BCUT2D eigenvalue weighted by Gasteiger charge is 2.40. The van der Waals surface area contributed by atoms with Crippen LogP contribution in [0.3, 0.4) is 0 Å². The zero-order valence-electron chi connectivity index (χ0n) is 12.5. The average molecular weight is 268 g/mol. The van der Waals surface area contributed by atoms with Gasteiger partial charge in [-0.15, -0.1) is 0 Å². The Hall–Kier alpha value is -0.180. The lowest BCUT2D eigenvalue weighted by Crippen LogP contribution is -2.47. The summed E-state index contributed by atoms with van der Waals surface area (Å²) in [5, 5.41) is 4.94. The van der Waals surface area contributed by atoms with E-state index in [1.165, 1.54) is 36.6 Å². The minimum atomic E-state index is 0.255. The second kappa shape index (κ2) is 5.07. The van der Waals surface area contributed by atoms with Crippen molar-refractivity contribution in [3.8, 4) is 0 Å². The van der Waals surface area contributed by atoms with Crippen molar-refractivity contribution in [2.75, 3.05) is 5.75 Å². The third-order valence-corrected chi connectivity index (χ3v) is 5.69. The van der Waals surface area contributed by atoms with Crippen molar-refractivity contribution in [2.45, 2.75) is 71.9 Å². The number of nitrogens with one attached hydrogen (secondary N) is 1. The van der Waals surface area contributed by atoms with Gasteiger partial charge in [0, 0.05) is 11.3 Å². The molecule has 18 heavy (non-hydrogen) atoms. The van der Waals surface area contributed by atoms with Crippen LogP contribution in [-0.4, -0.2) is 22.5 Å². The molecule has 0 aromatic rings. The van der Waals surface area contributed by atoms with Gasteiger partial charge < -0.3 is 5.32 Å². The van der Waals surface area contributed by atoms with E-state index in [1.54, 1.807) is 0 Å². The topological polar surface area (TPSA) is 24.4 Å². The Morgan fingerprint density at radius 3 is 2.78 bits per heavy atom. The Morgan fingerprint density at radius 2 is 2.17 bits per heavy atom.